The maximum Gasteiger partial charge on any atom is 0.215 e. The van der Waals surface area contributed by atoms with E-state index in [1.54, 1.807) is 11.0 Å². The van der Waals surface area contributed by atoms with Crippen molar-refractivity contribution in [2.24, 2.45) is 5.41 Å². The van der Waals surface area contributed by atoms with Crippen LogP contribution in [0.4, 0.5) is 0 Å². The topological polar surface area (TPSA) is 53.8 Å². The minimum atomic E-state index is -0.900. The molecule has 6 heteroatoms. The third kappa shape index (κ3) is 3.84. The van der Waals surface area contributed by atoms with Gasteiger partial charge in [0.1, 0.15) is 6.33 Å². The summed E-state index contributed by atoms with van der Waals surface area (Å²) in [6, 6.07) is 7.66. The normalized spacial score (nSPS) is 17.8. The molecule has 4 nitrogen and oxygen atoms in total. The molecule has 1 heterocycles. The Balaban J connectivity index is 0.000000924. The lowest BCUT2D eigenvalue weighted by Crippen LogP contribution is -2.45. The SMILES string of the molecule is CC.CC1(C(O)(Cc2ccccc2Cl)Cn2[nH]cnc2=S)CC1. The molecular weight excluding hydrogens is 330 g/mol. The molecule has 1 aromatic heterocycles. The van der Waals surface area contributed by atoms with Gasteiger partial charge in [-0.25, -0.2) is 4.98 Å². The molecule has 1 saturated carbocycles. The molecule has 1 aromatic carbocycles. The van der Waals surface area contributed by atoms with Gasteiger partial charge in [0, 0.05) is 11.4 Å². The Morgan fingerprint density at radius 1 is 1.39 bits per heavy atom. The van der Waals surface area contributed by atoms with Gasteiger partial charge in [0.2, 0.25) is 4.77 Å². The van der Waals surface area contributed by atoms with Crippen LogP contribution in [-0.4, -0.2) is 25.5 Å². The van der Waals surface area contributed by atoms with Gasteiger partial charge in [-0.1, -0.05) is 50.6 Å². The van der Waals surface area contributed by atoms with Crippen LogP contribution in [0.25, 0.3) is 0 Å². The van der Waals surface area contributed by atoms with Gasteiger partial charge in [0.05, 0.1) is 12.1 Å². The van der Waals surface area contributed by atoms with Crippen LogP contribution >= 0.6 is 23.8 Å². The van der Waals surface area contributed by atoms with Crippen LogP contribution in [0.1, 0.15) is 39.2 Å². The zero-order valence-electron chi connectivity index (χ0n) is 13.8. The van der Waals surface area contributed by atoms with Crippen molar-refractivity contribution in [3.05, 3.63) is 45.9 Å². The van der Waals surface area contributed by atoms with Gasteiger partial charge in [-0.2, -0.15) is 0 Å². The maximum absolute atomic E-state index is 11.3. The number of aromatic amines is 1. The Bertz CT molecular complexity index is 708. The molecule has 0 bridgehead atoms. The highest BCUT2D eigenvalue weighted by atomic mass is 35.5. The number of hydrogen-bond acceptors (Lipinski definition) is 3. The first-order valence-corrected chi connectivity index (χ1v) is 8.78. The lowest BCUT2D eigenvalue weighted by molar-refractivity contribution is -0.0431. The predicted molar refractivity (Wildman–Crippen MR) is 96.2 cm³/mol. The first-order valence-electron chi connectivity index (χ1n) is 8.00. The molecular formula is C17H24ClN3OS. The number of nitrogens with one attached hydrogen (secondary N) is 1. The summed E-state index contributed by atoms with van der Waals surface area (Å²) in [5.41, 5.74) is -0.0461. The number of halogens is 1. The molecule has 1 atom stereocenters. The summed E-state index contributed by atoms with van der Waals surface area (Å²) < 4.78 is 2.17. The summed E-state index contributed by atoms with van der Waals surface area (Å²) in [4.78, 5) is 4.01. The highest BCUT2D eigenvalue weighted by Crippen LogP contribution is 2.55. The smallest absolute Gasteiger partial charge is 0.215 e. The molecule has 0 saturated heterocycles. The number of benzene rings is 1. The quantitative estimate of drug-likeness (QED) is 0.783. The standard InChI is InChI=1S/C15H18ClN3OS.C2H6/c1-14(6-7-14)15(20,9-19-13(21)17-10-18-19)8-11-4-2-3-5-12(11)16;1-2/h2-5,10,20H,6-9H2,1H3,(H,17,18,21);1-2H3. The van der Waals surface area contributed by atoms with Crippen LogP contribution in [0.2, 0.25) is 5.02 Å². The van der Waals surface area contributed by atoms with Crippen LogP contribution in [0.3, 0.4) is 0 Å². The molecule has 1 aliphatic rings. The van der Waals surface area contributed by atoms with E-state index in [1.807, 2.05) is 38.1 Å². The second-order valence-electron chi connectivity index (χ2n) is 6.12. The van der Waals surface area contributed by atoms with E-state index in [0.717, 1.165) is 18.4 Å². The van der Waals surface area contributed by atoms with Crippen molar-refractivity contribution in [3.63, 3.8) is 0 Å². The Hall–Kier alpha value is -1.17. The van der Waals surface area contributed by atoms with Gasteiger partial charge < -0.3 is 5.11 Å². The Kier molecular flexibility index (Phi) is 5.65. The van der Waals surface area contributed by atoms with Crippen molar-refractivity contribution in [3.8, 4) is 0 Å². The van der Waals surface area contributed by atoms with Crippen molar-refractivity contribution in [1.29, 1.82) is 0 Å². The van der Waals surface area contributed by atoms with Crippen molar-refractivity contribution < 1.29 is 5.11 Å². The lowest BCUT2D eigenvalue weighted by Gasteiger charge is -2.35. The van der Waals surface area contributed by atoms with Crippen molar-refractivity contribution in [1.82, 2.24) is 14.8 Å². The molecule has 2 aromatic rings. The minimum Gasteiger partial charge on any atom is -0.387 e. The fourth-order valence-corrected chi connectivity index (χ4v) is 3.10. The van der Waals surface area contributed by atoms with Crippen molar-refractivity contribution in [2.75, 3.05) is 0 Å². The molecule has 0 spiro atoms. The largest absolute Gasteiger partial charge is 0.387 e. The van der Waals surface area contributed by atoms with Gasteiger partial charge in [-0.3, -0.25) is 9.78 Å². The third-order valence-electron chi connectivity index (χ3n) is 4.60. The minimum absolute atomic E-state index is 0.105. The molecule has 23 heavy (non-hydrogen) atoms. The molecule has 126 valence electrons. The van der Waals surface area contributed by atoms with Crippen LogP contribution in [0, 0.1) is 10.2 Å². The number of nitrogens with zero attached hydrogens (tertiary/aromatic N) is 2. The predicted octanol–water partition coefficient (Wildman–Crippen LogP) is 4.39. The van der Waals surface area contributed by atoms with Gasteiger partial charge in [0.25, 0.3) is 0 Å². The average Bonchev–Trinajstić information content (AvgIpc) is 3.19. The van der Waals surface area contributed by atoms with Crippen LogP contribution in [0.15, 0.2) is 30.6 Å². The summed E-state index contributed by atoms with van der Waals surface area (Å²) in [6.45, 7) is 6.51. The van der Waals surface area contributed by atoms with E-state index in [0.29, 0.717) is 22.8 Å². The van der Waals surface area contributed by atoms with E-state index < -0.39 is 5.60 Å². The van der Waals surface area contributed by atoms with Crippen molar-refractivity contribution >= 4 is 23.8 Å². The van der Waals surface area contributed by atoms with E-state index in [4.69, 9.17) is 23.8 Å². The second kappa shape index (κ2) is 7.16. The summed E-state index contributed by atoms with van der Waals surface area (Å²) in [5.74, 6) is 0. The number of rotatable bonds is 5. The van der Waals surface area contributed by atoms with E-state index in [1.165, 1.54) is 0 Å². The first kappa shape index (κ1) is 18.2. The van der Waals surface area contributed by atoms with Crippen LogP contribution in [0.5, 0.6) is 0 Å². The zero-order valence-corrected chi connectivity index (χ0v) is 15.4. The fraction of sp³-hybridized carbons (Fsp3) is 0.529. The van der Waals surface area contributed by atoms with Gasteiger partial charge in [-0.15, -0.1) is 0 Å². The number of H-pyrrole nitrogens is 1. The van der Waals surface area contributed by atoms with E-state index in [-0.39, 0.29) is 5.41 Å². The summed E-state index contributed by atoms with van der Waals surface area (Å²) >= 11 is 11.4. The Morgan fingerprint density at radius 2 is 2.04 bits per heavy atom. The molecule has 3 rings (SSSR count). The molecule has 1 unspecified atom stereocenters. The molecule has 0 aliphatic heterocycles. The lowest BCUT2D eigenvalue weighted by atomic mass is 9.80. The highest BCUT2D eigenvalue weighted by Gasteiger charge is 2.55. The van der Waals surface area contributed by atoms with Gasteiger partial charge in [-0.05, 0) is 42.1 Å². The van der Waals surface area contributed by atoms with E-state index in [9.17, 15) is 5.11 Å². The molecule has 0 amide bonds. The first-order chi connectivity index (χ1) is 10.9. The van der Waals surface area contributed by atoms with Gasteiger partial charge in [0.15, 0.2) is 0 Å². The van der Waals surface area contributed by atoms with Crippen LogP contribution in [-0.2, 0) is 13.0 Å². The third-order valence-corrected chi connectivity index (χ3v) is 5.30. The van der Waals surface area contributed by atoms with Crippen LogP contribution < -0.4 is 0 Å². The average molecular weight is 354 g/mol. The molecule has 2 N–H and O–H groups in total. The number of hydrogen-bond donors (Lipinski definition) is 2. The molecule has 0 radical (unpaired) electrons. The summed E-state index contributed by atoms with van der Waals surface area (Å²) in [5, 5.41) is 15.0. The van der Waals surface area contributed by atoms with E-state index >= 15 is 0 Å². The highest BCUT2D eigenvalue weighted by molar-refractivity contribution is 7.71. The fourth-order valence-electron chi connectivity index (χ4n) is 2.72. The number of aliphatic hydroxyl groups is 1. The Morgan fingerprint density at radius 3 is 2.57 bits per heavy atom. The monoisotopic (exact) mass is 353 g/mol. The van der Waals surface area contributed by atoms with E-state index in [2.05, 4.69) is 17.0 Å². The summed E-state index contributed by atoms with van der Waals surface area (Å²) in [6.07, 6.45) is 4.07. The van der Waals surface area contributed by atoms with Crippen molar-refractivity contribution in [2.45, 2.75) is 52.2 Å². The zero-order chi connectivity index (χ0) is 17.1. The second-order valence-corrected chi connectivity index (χ2v) is 6.89. The Labute approximate surface area is 147 Å². The van der Waals surface area contributed by atoms with Gasteiger partial charge >= 0.3 is 0 Å². The number of aromatic nitrogens is 3. The molecule has 1 fully saturated rings. The molecule has 1 aliphatic carbocycles. The summed E-state index contributed by atoms with van der Waals surface area (Å²) in [7, 11) is 0. The maximum atomic E-state index is 11.3.